The lowest BCUT2D eigenvalue weighted by Crippen LogP contribution is -2.13. The normalized spacial score (nSPS) is 10.1. The zero-order valence-electron chi connectivity index (χ0n) is 8.76. The second kappa shape index (κ2) is 4.14. The van der Waals surface area contributed by atoms with Crippen molar-refractivity contribution >= 4 is 17.2 Å². The SMILES string of the molecule is CN(c1cccc(F)c1)c1ncncc1N. The highest BCUT2D eigenvalue weighted by molar-refractivity contribution is 5.69. The van der Waals surface area contributed by atoms with Crippen LogP contribution in [0.4, 0.5) is 21.6 Å². The van der Waals surface area contributed by atoms with Gasteiger partial charge in [0.2, 0.25) is 0 Å². The zero-order valence-corrected chi connectivity index (χ0v) is 8.76. The minimum absolute atomic E-state index is 0.294. The predicted octanol–water partition coefficient (Wildman–Crippen LogP) is 1.97. The van der Waals surface area contributed by atoms with Crippen molar-refractivity contribution in [2.45, 2.75) is 0 Å². The fourth-order valence-electron chi connectivity index (χ4n) is 1.42. The number of benzene rings is 1. The second-order valence-electron chi connectivity index (χ2n) is 3.34. The molecule has 16 heavy (non-hydrogen) atoms. The van der Waals surface area contributed by atoms with Crippen LogP contribution in [0.2, 0.25) is 0 Å². The van der Waals surface area contributed by atoms with Gasteiger partial charge in [0.15, 0.2) is 5.82 Å². The summed E-state index contributed by atoms with van der Waals surface area (Å²) in [6, 6.07) is 6.23. The lowest BCUT2D eigenvalue weighted by atomic mass is 10.3. The molecule has 2 rings (SSSR count). The van der Waals surface area contributed by atoms with Crippen molar-refractivity contribution in [3.05, 3.63) is 42.6 Å². The van der Waals surface area contributed by atoms with Crippen LogP contribution in [0.25, 0.3) is 0 Å². The van der Waals surface area contributed by atoms with Crippen LogP contribution in [-0.2, 0) is 0 Å². The van der Waals surface area contributed by atoms with E-state index < -0.39 is 0 Å². The number of nitrogens with two attached hydrogens (primary N) is 1. The maximum atomic E-state index is 13.1. The van der Waals surface area contributed by atoms with Crippen molar-refractivity contribution in [2.75, 3.05) is 17.7 Å². The van der Waals surface area contributed by atoms with E-state index in [0.29, 0.717) is 17.2 Å². The molecule has 82 valence electrons. The highest BCUT2D eigenvalue weighted by Gasteiger charge is 2.09. The number of nitrogen functional groups attached to an aromatic ring is 1. The van der Waals surface area contributed by atoms with Crippen LogP contribution in [-0.4, -0.2) is 17.0 Å². The molecule has 0 aliphatic carbocycles. The minimum atomic E-state index is -0.294. The number of halogens is 1. The Morgan fingerprint density at radius 1 is 1.38 bits per heavy atom. The number of anilines is 3. The first-order valence-electron chi connectivity index (χ1n) is 4.73. The van der Waals surface area contributed by atoms with E-state index in [0.717, 1.165) is 0 Å². The molecule has 0 fully saturated rings. The van der Waals surface area contributed by atoms with E-state index in [-0.39, 0.29) is 5.82 Å². The summed E-state index contributed by atoms with van der Waals surface area (Å²) in [5, 5.41) is 0. The lowest BCUT2D eigenvalue weighted by molar-refractivity contribution is 0.628. The molecule has 2 N–H and O–H groups in total. The quantitative estimate of drug-likeness (QED) is 0.837. The van der Waals surface area contributed by atoms with Gasteiger partial charge in [0.25, 0.3) is 0 Å². The Morgan fingerprint density at radius 2 is 2.19 bits per heavy atom. The summed E-state index contributed by atoms with van der Waals surface area (Å²) in [7, 11) is 1.77. The third-order valence-electron chi connectivity index (χ3n) is 2.23. The van der Waals surface area contributed by atoms with Gasteiger partial charge in [0.05, 0.1) is 11.9 Å². The van der Waals surface area contributed by atoms with Crippen LogP contribution in [0.15, 0.2) is 36.8 Å². The van der Waals surface area contributed by atoms with Gasteiger partial charge in [0.1, 0.15) is 12.1 Å². The third-order valence-corrected chi connectivity index (χ3v) is 2.23. The summed E-state index contributed by atoms with van der Waals surface area (Å²) in [4.78, 5) is 9.56. The van der Waals surface area contributed by atoms with E-state index in [1.54, 1.807) is 24.1 Å². The van der Waals surface area contributed by atoms with E-state index in [9.17, 15) is 4.39 Å². The van der Waals surface area contributed by atoms with Crippen molar-refractivity contribution < 1.29 is 4.39 Å². The molecule has 0 bridgehead atoms. The molecule has 1 aromatic heterocycles. The van der Waals surface area contributed by atoms with Gasteiger partial charge in [-0.15, -0.1) is 0 Å². The van der Waals surface area contributed by atoms with E-state index in [1.807, 2.05) is 0 Å². The van der Waals surface area contributed by atoms with E-state index in [1.165, 1.54) is 24.7 Å². The molecule has 4 nitrogen and oxygen atoms in total. The number of hydrogen-bond acceptors (Lipinski definition) is 4. The summed E-state index contributed by atoms with van der Waals surface area (Å²) in [6.45, 7) is 0. The lowest BCUT2D eigenvalue weighted by Gasteiger charge is -2.19. The predicted molar refractivity (Wildman–Crippen MR) is 60.9 cm³/mol. The molecule has 5 heteroatoms. The summed E-state index contributed by atoms with van der Waals surface area (Å²) in [5.41, 5.74) is 6.88. The average Bonchev–Trinajstić information content (AvgIpc) is 2.29. The highest BCUT2D eigenvalue weighted by Crippen LogP contribution is 2.25. The van der Waals surface area contributed by atoms with Gasteiger partial charge in [-0.2, -0.15) is 0 Å². The minimum Gasteiger partial charge on any atom is -0.394 e. The van der Waals surface area contributed by atoms with Gasteiger partial charge in [-0.05, 0) is 18.2 Å². The standard InChI is InChI=1S/C11H11FN4/c1-16(9-4-2-3-8(12)5-9)11-10(13)6-14-7-15-11/h2-7H,13H2,1H3. The fourth-order valence-corrected chi connectivity index (χ4v) is 1.42. The summed E-state index contributed by atoms with van der Waals surface area (Å²) in [5.74, 6) is 0.262. The van der Waals surface area contributed by atoms with Crippen LogP contribution >= 0.6 is 0 Å². The molecular weight excluding hydrogens is 207 g/mol. The number of hydrogen-bond donors (Lipinski definition) is 1. The molecule has 0 aliphatic rings. The summed E-state index contributed by atoms with van der Waals surface area (Å²) >= 11 is 0. The average molecular weight is 218 g/mol. The van der Waals surface area contributed by atoms with Crippen molar-refractivity contribution in [1.29, 1.82) is 0 Å². The molecule has 0 aliphatic heterocycles. The molecule has 0 unspecified atom stereocenters. The molecular formula is C11H11FN4. The van der Waals surface area contributed by atoms with Crippen LogP contribution in [0, 0.1) is 5.82 Å². The molecule has 1 heterocycles. The number of rotatable bonds is 2. The zero-order chi connectivity index (χ0) is 11.5. The molecule has 0 atom stereocenters. The molecule has 0 radical (unpaired) electrons. The van der Waals surface area contributed by atoms with Crippen molar-refractivity contribution in [1.82, 2.24) is 9.97 Å². The van der Waals surface area contributed by atoms with Crippen LogP contribution in [0.5, 0.6) is 0 Å². The monoisotopic (exact) mass is 218 g/mol. The van der Waals surface area contributed by atoms with Crippen molar-refractivity contribution in [2.24, 2.45) is 0 Å². The van der Waals surface area contributed by atoms with E-state index >= 15 is 0 Å². The molecule has 2 aromatic rings. The topological polar surface area (TPSA) is 55.0 Å². The molecule has 0 spiro atoms. The Balaban J connectivity index is 2.39. The Hall–Kier alpha value is -2.17. The largest absolute Gasteiger partial charge is 0.394 e. The highest BCUT2D eigenvalue weighted by atomic mass is 19.1. The number of nitrogens with zero attached hydrogens (tertiary/aromatic N) is 3. The summed E-state index contributed by atoms with van der Waals surface area (Å²) < 4.78 is 13.1. The Morgan fingerprint density at radius 3 is 2.88 bits per heavy atom. The van der Waals surface area contributed by atoms with Crippen molar-refractivity contribution in [3.8, 4) is 0 Å². The van der Waals surface area contributed by atoms with Gasteiger partial charge >= 0.3 is 0 Å². The van der Waals surface area contributed by atoms with E-state index in [2.05, 4.69) is 9.97 Å². The first-order chi connectivity index (χ1) is 7.68. The molecule has 1 aromatic carbocycles. The van der Waals surface area contributed by atoms with Crippen LogP contribution in [0.1, 0.15) is 0 Å². The van der Waals surface area contributed by atoms with E-state index in [4.69, 9.17) is 5.73 Å². The van der Waals surface area contributed by atoms with Gasteiger partial charge in [-0.3, -0.25) is 0 Å². The van der Waals surface area contributed by atoms with Gasteiger partial charge < -0.3 is 10.6 Å². The third kappa shape index (κ3) is 1.93. The maximum Gasteiger partial charge on any atom is 0.159 e. The number of aromatic nitrogens is 2. The van der Waals surface area contributed by atoms with Gasteiger partial charge in [0, 0.05) is 12.7 Å². The Bertz CT molecular complexity index is 501. The van der Waals surface area contributed by atoms with Gasteiger partial charge in [-0.1, -0.05) is 6.07 Å². The first kappa shape index (κ1) is 10.4. The fraction of sp³-hybridized carbons (Fsp3) is 0.0909. The molecule has 0 saturated carbocycles. The Labute approximate surface area is 92.6 Å². The maximum absolute atomic E-state index is 13.1. The van der Waals surface area contributed by atoms with Crippen molar-refractivity contribution in [3.63, 3.8) is 0 Å². The molecule has 0 amide bonds. The Kier molecular flexibility index (Phi) is 2.68. The molecule has 0 saturated heterocycles. The van der Waals surface area contributed by atoms with Crippen LogP contribution in [0.3, 0.4) is 0 Å². The van der Waals surface area contributed by atoms with Gasteiger partial charge in [-0.25, -0.2) is 14.4 Å². The smallest absolute Gasteiger partial charge is 0.159 e. The second-order valence-corrected chi connectivity index (χ2v) is 3.34. The first-order valence-corrected chi connectivity index (χ1v) is 4.73. The van der Waals surface area contributed by atoms with Crippen LogP contribution < -0.4 is 10.6 Å². The summed E-state index contributed by atoms with van der Waals surface area (Å²) in [6.07, 6.45) is 2.92.